The van der Waals surface area contributed by atoms with Gasteiger partial charge in [0, 0.05) is 6.42 Å². The lowest BCUT2D eigenvalue weighted by atomic mass is 10.2. The summed E-state index contributed by atoms with van der Waals surface area (Å²) in [6, 6.07) is 0. The van der Waals surface area contributed by atoms with E-state index in [1.165, 1.54) is 0 Å². The second-order valence-electron chi connectivity index (χ2n) is 1.46. The zero-order valence-corrected chi connectivity index (χ0v) is 5.08. The fourth-order valence-electron chi connectivity index (χ4n) is 0.494. The first kappa shape index (κ1) is 7.71. The molecule has 0 saturated carbocycles. The summed E-state index contributed by atoms with van der Waals surface area (Å²) in [6.45, 7) is 0. The van der Waals surface area contributed by atoms with Crippen molar-refractivity contribution in [2.24, 2.45) is 0 Å². The van der Waals surface area contributed by atoms with Gasteiger partial charge in [-0.25, -0.2) is 0 Å². The second kappa shape index (κ2) is 4.86. The first-order valence-electron chi connectivity index (χ1n) is 2.59. The van der Waals surface area contributed by atoms with Crippen LogP contribution in [-0.4, -0.2) is 5.78 Å². The van der Waals surface area contributed by atoms with Crippen LogP contribution in [0.2, 0.25) is 0 Å². The molecule has 1 heteroatoms. The van der Waals surface area contributed by atoms with Crippen molar-refractivity contribution in [3.05, 3.63) is 24.3 Å². The van der Waals surface area contributed by atoms with Crippen molar-refractivity contribution in [3.8, 4) is 12.8 Å². The zero-order valence-electron chi connectivity index (χ0n) is 5.08. The maximum absolute atomic E-state index is 10.3. The van der Waals surface area contributed by atoms with Crippen molar-refractivity contribution >= 4 is 5.78 Å². The van der Waals surface area contributed by atoms with Crippen LogP contribution < -0.4 is 0 Å². The summed E-state index contributed by atoms with van der Waals surface area (Å²) in [5, 5.41) is 0. The molecule has 0 N–H and O–H groups in total. The van der Waals surface area contributed by atoms with E-state index < -0.39 is 0 Å². The van der Waals surface area contributed by atoms with Crippen molar-refractivity contribution < 1.29 is 4.79 Å². The number of terminal acetylenes is 1. The molecule has 46 valence electrons. The SMILES string of the molecule is C#C.O=C1C=CC=CC1. The van der Waals surface area contributed by atoms with Gasteiger partial charge in [0.25, 0.3) is 0 Å². The molecule has 0 atom stereocenters. The number of hydrogen-bond donors (Lipinski definition) is 0. The van der Waals surface area contributed by atoms with E-state index >= 15 is 0 Å². The lowest BCUT2D eigenvalue weighted by molar-refractivity contribution is -0.113. The smallest absolute Gasteiger partial charge is 0.159 e. The number of allylic oxidation sites excluding steroid dienone is 4. The minimum Gasteiger partial charge on any atom is -0.295 e. The summed E-state index contributed by atoms with van der Waals surface area (Å²) in [5.74, 6) is 0.197. The van der Waals surface area contributed by atoms with Gasteiger partial charge in [-0.1, -0.05) is 18.2 Å². The summed E-state index contributed by atoms with van der Waals surface area (Å²) in [5.41, 5.74) is 0. The summed E-state index contributed by atoms with van der Waals surface area (Å²) in [4.78, 5) is 10.3. The quantitative estimate of drug-likeness (QED) is 0.441. The Morgan fingerprint density at radius 3 is 2.22 bits per heavy atom. The molecule has 1 aliphatic carbocycles. The summed E-state index contributed by atoms with van der Waals surface area (Å²) < 4.78 is 0. The molecule has 0 aliphatic heterocycles. The molecule has 1 nitrogen and oxygen atoms in total. The summed E-state index contributed by atoms with van der Waals surface area (Å²) in [6.07, 6.45) is 15.6. The van der Waals surface area contributed by atoms with Gasteiger partial charge in [-0.2, -0.15) is 0 Å². The Hall–Kier alpha value is -1.29. The van der Waals surface area contributed by atoms with Crippen LogP contribution in [0, 0.1) is 12.8 Å². The molecule has 0 heterocycles. The van der Waals surface area contributed by atoms with Gasteiger partial charge in [0.15, 0.2) is 5.78 Å². The van der Waals surface area contributed by atoms with Crippen LogP contribution >= 0.6 is 0 Å². The minimum atomic E-state index is 0.197. The van der Waals surface area contributed by atoms with E-state index in [2.05, 4.69) is 12.8 Å². The highest BCUT2D eigenvalue weighted by Gasteiger charge is 1.92. The van der Waals surface area contributed by atoms with Crippen LogP contribution in [0.4, 0.5) is 0 Å². The number of ketones is 1. The van der Waals surface area contributed by atoms with Gasteiger partial charge in [0.05, 0.1) is 0 Å². The predicted octanol–water partition coefficient (Wildman–Crippen LogP) is 1.32. The summed E-state index contributed by atoms with van der Waals surface area (Å²) >= 11 is 0. The molecule has 1 aliphatic rings. The van der Waals surface area contributed by atoms with Crippen LogP contribution in [0.1, 0.15) is 6.42 Å². The molecule has 0 radical (unpaired) electrons. The zero-order chi connectivity index (χ0) is 7.11. The molecule has 0 amide bonds. The first-order valence-corrected chi connectivity index (χ1v) is 2.59. The molecule has 0 saturated heterocycles. The van der Waals surface area contributed by atoms with E-state index in [-0.39, 0.29) is 5.78 Å². The lowest BCUT2D eigenvalue weighted by Crippen LogP contribution is -1.90. The third-order valence-corrected chi connectivity index (χ3v) is 0.848. The van der Waals surface area contributed by atoms with Crippen molar-refractivity contribution in [3.63, 3.8) is 0 Å². The standard InChI is InChI=1S/C6H6O.C2H2/c7-6-4-2-1-3-5-6;1-2/h1-4H,5H2;1-2H. The van der Waals surface area contributed by atoms with Gasteiger partial charge >= 0.3 is 0 Å². The Labute approximate surface area is 55.1 Å². The molecular formula is C8H8O. The Kier molecular flexibility index (Phi) is 4.16. The predicted molar refractivity (Wildman–Crippen MR) is 37.8 cm³/mol. The lowest BCUT2D eigenvalue weighted by Gasteiger charge is -1.88. The van der Waals surface area contributed by atoms with Crippen LogP contribution in [0.3, 0.4) is 0 Å². The van der Waals surface area contributed by atoms with Crippen molar-refractivity contribution in [2.45, 2.75) is 6.42 Å². The summed E-state index contributed by atoms with van der Waals surface area (Å²) in [7, 11) is 0. The van der Waals surface area contributed by atoms with Gasteiger partial charge < -0.3 is 0 Å². The Morgan fingerprint density at radius 2 is 2.00 bits per heavy atom. The molecule has 1 rings (SSSR count). The normalized spacial score (nSPS) is 14.2. The second-order valence-corrected chi connectivity index (χ2v) is 1.46. The van der Waals surface area contributed by atoms with E-state index in [0.717, 1.165) is 0 Å². The van der Waals surface area contributed by atoms with Crippen molar-refractivity contribution in [1.29, 1.82) is 0 Å². The molecule has 0 spiro atoms. The minimum absolute atomic E-state index is 0.197. The van der Waals surface area contributed by atoms with Gasteiger partial charge in [-0.15, -0.1) is 12.8 Å². The maximum Gasteiger partial charge on any atom is 0.159 e. The number of rotatable bonds is 0. The highest BCUT2D eigenvalue weighted by atomic mass is 16.1. The molecule has 0 aromatic heterocycles. The Balaban J connectivity index is 0.000000291. The fraction of sp³-hybridized carbons (Fsp3) is 0.125. The first-order chi connectivity index (χ1) is 4.39. The van der Waals surface area contributed by atoms with Crippen LogP contribution in [0.25, 0.3) is 0 Å². The molecule has 0 bridgehead atoms. The topological polar surface area (TPSA) is 17.1 Å². The molecule has 0 aromatic rings. The third kappa shape index (κ3) is 3.31. The van der Waals surface area contributed by atoms with E-state index in [9.17, 15) is 4.79 Å². The van der Waals surface area contributed by atoms with Crippen molar-refractivity contribution in [2.75, 3.05) is 0 Å². The highest BCUT2D eigenvalue weighted by molar-refractivity contribution is 5.92. The molecule has 9 heavy (non-hydrogen) atoms. The van der Waals surface area contributed by atoms with Crippen LogP contribution in [0.5, 0.6) is 0 Å². The van der Waals surface area contributed by atoms with E-state index in [1.54, 1.807) is 12.2 Å². The maximum atomic E-state index is 10.3. The number of carbonyl (C=O) groups is 1. The number of hydrogen-bond acceptors (Lipinski definition) is 1. The van der Waals surface area contributed by atoms with Crippen LogP contribution in [-0.2, 0) is 4.79 Å². The van der Waals surface area contributed by atoms with E-state index in [1.807, 2.05) is 12.2 Å². The monoisotopic (exact) mass is 120 g/mol. The Morgan fingerprint density at radius 1 is 1.33 bits per heavy atom. The van der Waals surface area contributed by atoms with Crippen molar-refractivity contribution in [1.82, 2.24) is 0 Å². The Bertz CT molecular complexity index is 161. The van der Waals surface area contributed by atoms with Gasteiger partial charge in [0.1, 0.15) is 0 Å². The average molecular weight is 120 g/mol. The highest BCUT2D eigenvalue weighted by Crippen LogP contribution is 1.94. The number of carbonyl (C=O) groups excluding carboxylic acids is 1. The van der Waals surface area contributed by atoms with E-state index in [4.69, 9.17) is 0 Å². The largest absolute Gasteiger partial charge is 0.295 e. The third-order valence-electron chi connectivity index (χ3n) is 0.848. The fourth-order valence-corrected chi connectivity index (χ4v) is 0.494. The molecule has 0 unspecified atom stereocenters. The van der Waals surface area contributed by atoms with Gasteiger partial charge in [-0.05, 0) is 6.08 Å². The van der Waals surface area contributed by atoms with Gasteiger partial charge in [-0.3, -0.25) is 4.79 Å². The van der Waals surface area contributed by atoms with Crippen LogP contribution in [0.15, 0.2) is 24.3 Å². The van der Waals surface area contributed by atoms with E-state index in [0.29, 0.717) is 6.42 Å². The molecule has 0 aromatic carbocycles. The van der Waals surface area contributed by atoms with Gasteiger partial charge in [0.2, 0.25) is 0 Å². The average Bonchev–Trinajstić information content (AvgIpc) is 1.94. The molecular weight excluding hydrogens is 112 g/mol. The molecule has 0 fully saturated rings.